The molecule has 2 nitrogen and oxygen atoms in total. The Morgan fingerprint density at radius 1 is 1.50 bits per heavy atom. The molecule has 12 heavy (non-hydrogen) atoms. The van der Waals surface area contributed by atoms with E-state index in [9.17, 15) is 13.2 Å². The molecule has 1 rings (SSSR count). The van der Waals surface area contributed by atoms with Crippen molar-refractivity contribution in [1.82, 2.24) is 4.98 Å². The van der Waals surface area contributed by atoms with Crippen LogP contribution in [0.2, 0.25) is 0 Å². The summed E-state index contributed by atoms with van der Waals surface area (Å²) in [7, 11) is 0. The molecule has 6 heteroatoms. The largest absolute Gasteiger partial charge is 0.503 e. The third-order valence-electron chi connectivity index (χ3n) is 1.18. The van der Waals surface area contributed by atoms with Gasteiger partial charge in [0.05, 0.1) is 4.47 Å². The molecule has 0 spiro atoms. The van der Waals surface area contributed by atoms with Gasteiger partial charge in [0.15, 0.2) is 17.3 Å². The van der Waals surface area contributed by atoms with Gasteiger partial charge in [-0.05, 0) is 15.9 Å². The van der Waals surface area contributed by atoms with Crippen LogP contribution in [0.1, 0.15) is 12.1 Å². The Morgan fingerprint density at radius 3 is 2.58 bits per heavy atom. The number of hydrogen-bond donors (Lipinski definition) is 1. The molecule has 0 fully saturated rings. The normalized spacial score (nSPS) is 10.8. The number of halogens is 4. The van der Waals surface area contributed by atoms with Crippen molar-refractivity contribution < 1.29 is 18.3 Å². The highest BCUT2D eigenvalue weighted by atomic mass is 79.9. The van der Waals surface area contributed by atoms with Crippen molar-refractivity contribution >= 4 is 15.9 Å². The summed E-state index contributed by atoms with van der Waals surface area (Å²) in [6.07, 6.45) is -2.11. The van der Waals surface area contributed by atoms with Gasteiger partial charge in [-0.25, -0.2) is 18.2 Å². The molecule has 0 atom stereocenters. The number of aromatic nitrogens is 1. The first-order chi connectivity index (χ1) is 5.54. The van der Waals surface area contributed by atoms with Crippen molar-refractivity contribution in [3.05, 3.63) is 22.2 Å². The summed E-state index contributed by atoms with van der Waals surface area (Å²) in [5.74, 6) is -2.24. The smallest absolute Gasteiger partial charge is 0.284 e. The van der Waals surface area contributed by atoms with E-state index in [1.54, 1.807) is 0 Å². The summed E-state index contributed by atoms with van der Waals surface area (Å²) >= 11 is 2.69. The average Bonchev–Trinajstić information content (AvgIpc) is 2.00. The summed E-state index contributed by atoms with van der Waals surface area (Å²) in [6.45, 7) is 0. The van der Waals surface area contributed by atoms with Crippen LogP contribution < -0.4 is 0 Å². The topological polar surface area (TPSA) is 33.1 Å². The molecule has 0 aromatic carbocycles. The van der Waals surface area contributed by atoms with Gasteiger partial charge in [0.1, 0.15) is 0 Å². The van der Waals surface area contributed by atoms with E-state index in [-0.39, 0.29) is 4.47 Å². The summed E-state index contributed by atoms with van der Waals surface area (Å²) in [5, 5.41) is 8.80. The number of nitrogens with zero attached hydrogens (tertiary/aromatic N) is 1. The van der Waals surface area contributed by atoms with Crippen LogP contribution in [0.4, 0.5) is 13.2 Å². The summed E-state index contributed by atoms with van der Waals surface area (Å²) in [5.41, 5.74) is -0.948. The maximum atomic E-state index is 12.7. The van der Waals surface area contributed by atoms with E-state index < -0.39 is 23.7 Å². The molecule has 66 valence electrons. The van der Waals surface area contributed by atoms with Crippen molar-refractivity contribution in [2.24, 2.45) is 0 Å². The van der Waals surface area contributed by atoms with Crippen LogP contribution in [-0.2, 0) is 0 Å². The van der Waals surface area contributed by atoms with E-state index >= 15 is 0 Å². The van der Waals surface area contributed by atoms with E-state index in [1.807, 2.05) is 0 Å². The van der Waals surface area contributed by atoms with Gasteiger partial charge in [0, 0.05) is 6.20 Å². The van der Waals surface area contributed by atoms with E-state index in [0.717, 1.165) is 6.20 Å². The standard InChI is InChI=1S/C6H3BrF3NO/c7-2-1-11-4(6(9)10)5(12)3(2)8/h1,6,12H. The summed E-state index contributed by atoms with van der Waals surface area (Å²) in [6, 6.07) is 0. The maximum Gasteiger partial charge on any atom is 0.284 e. The van der Waals surface area contributed by atoms with Gasteiger partial charge in [-0.3, -0.25) is 0 Å². The monoisotopic (exact) mass is 241 g/mol. The number of aromatic hydroxyl groups is 1. The van der Waals surface area contributed by atoms with E-state index in [1.165, 1.54) is 0 Å². The Morgan fingerprint density at radius 2 is 2.08 bits per heavy atom. The minimum atomic E-state index is -2.98. The SMILES string of the molecule is Oc1c(C(F)F)ncc(Br)c1F. The van der Waals surface area contributed by atoms with Gasteiger partial charge in [-0.2, -0.15) is 0 Å². The fourth-order valence-electron chi connectivity index (χ4n) is 0.629. The molecule has 0 aliphatic rings. The van der Waals surface area contributed by atoms with Gasteiger partial charge in [-0.1, -0.05) is 0 Å². The van der Waals surface area contributed by atoms with Gasteiger partial charge in [0.25, 0.3) is 6.43 Å². The van der Waals surface area contributed by atoms with Gasteiger partial charge in [0.2, 0.25) is 0 Å². The Labute approximate surface area is 74.2 Å². The zero-order valence-corrected chi connectivity index (χ0v) is 7.15. The van der Waals surface area contributed by atoms with Crippen molar-refractivity contribution in [2.45, 2.75) is 6.43 Å². The molecule has 0 aliphatic heterocycles. The van der Waals surface area contributed by atoms with E-state index in [0.29, 0.717) is 0 Å². The quantitative estimate of drug-likeness (QED) is 0.820. The highest BCUT2D eigenvalue weighted by Crippen LogP contribution is 2.31. The number of alkyl halides is 2. The third kappa shape index (κ3) is 1.52. The zero-order valence-electron chi connectivity index (χ0n) is 5.56. The molecule has 1 N–H and O–H groups in total. The van der Waals surface area contributed by atoms with Gasteiger partial charge in [-0.15, -0.1) is 0 Å². The first kappa shape index (κ1) is 9.31. The van der Waals surface area contributed by atoms with Crippen LogP contribution in [0.3, 0.4) is 0 Å². The van der Waals surface area contributed by atoms with Gasteiger partial charge >= 0.3 is 0 Å². The van der Waals surface area contributed by atoms with Gasteiger partial charge < -0.3 is 5.11 Å². The molecule has 0 saturated carbocycles. The fourth-order valence-corrected chi connectivity index (χ4v) is 0.919. The first-order valence-electron chi connectivity index (χ1n) is 2.85. The fraction of sp³-hybridized carbons (Fsp3) is 0.167. The summed E-state index contributed by atoms with van der Waals surface area (Å²) < 4.78 is 36.4. The Kier molecular flexibility index (Phi) is 2.56. The molecule has 0 amide bonds. The molecular weight excluding hydrogens is 239 g/mol. The molecule has 0 unspecified atom stereocenters. The molecule has 0 aliphatic carbocycles. The van der Waals surface area contributed by atoms with Crippen LogP contribution in [0.5, 0.6) is 5.75 Å². The highest BCUT2D eigenvalue weighted by Gasteiger charge is 2.19. The lowest BCUT2D eigenvalue weighted by atomic mass is 10.3. The first-order valence-corrected chi connectivity index (χ1v) is 3.64. The molecule has 1 aromatic heterocycles. The van der Waals surface area contributed by atoms with Crippen molar-refractivity contribution in [2.75, 3.05) is 0 Å². The Bertz CT molecular complexity index is 305. The predicted octanol–water partition coefficient (Wildman–Crippen LogP) is 2.63. The molecular formula is C6H3BrF3NO. The average molecular weight is 242 g/mol. The van der Waals surface area contributed by atoms with Crippen LogP contribution in [0.25, 0.3) is 0 Å². The Hall–Kier alpha value is -0.780. The lowest BCUT2D eigenvalue weighted by molar-refractivity contribution is 0.140. The number of hydrogen-bond acceptors (Lipinski definition) is 2. The van der Waals surface area contributed by atoms with E-state index in [4.69, 9.17) is 5.11 Å². The van der Waals surface area contributed by atoms with Crippen molar-refractivity contribution in [3.63, 3.8) is 0 Å². The maximum absolute atomic E-state index is 12.7. The van der Waals surface area contributed by atoms with Crippen molar-refractivity contribution in [1.29, 1.82) is 0 Å². The lowest BCUT2D eigenvalue weighted by Gasteiger charge is -2.03. The second-order valence-corrected chi connectivity index (χ2v) is 2.81. The molecule has 1 aromatic rings. The Balaban J connectivity index is 3.27. The zero-order chi connectivity index (χ0) is 9.30. The second kappa shape index (κ2) is 3.30. The minimum absolute atomic E-state index is 0.149. The van der Waals surface area contributed by atoms with Crippen LogP contribution in [0.15, 0.2) is 10.7 Å². The lowest BCUT2D eigenvalue weighted by Crippen LogP contribution is -1.93. The predicted molar refractivity (Wildman–Crippen MR) is 38.5 cm³/mol. The molecule has 1 heterocycles. The molecule has 0 saturated heterocycles. The van der Waals surface area contributed by atoms with Crippen LogP contribution in [-0.4, -0.2) is 10.1 Å². The van der Waals surface area contributed by atoms with Crippen LogP contribution in [0, 0.1) is 5.82 Å². The number of rotatable bonds is 1. The molecule has 0 radical (unpaired) electrons. The number of pyridine rings is 1. The van der Waals surface area contributed by atoms with E-state index in [2.05, 4.69) is 20.9 Å². The van der Waals surface area contributed by atoms with Crippen LogP contribution >= 0.6 is 15.9 Å². The molecule has 0 bridgehead atoms. The van der Waals surface area contributed by atoms with Crippen molar-refractivity contribution in [3.8, 4) is 5.75 Å². The highest BCUT2D eigenvalue weighted by molar-refractivity contribution is 9.10. The second-order valence-electron chi connectivity index (χ2n) is 1.95. The summed E-state index contributed by atoms with van der Waals surface area (Å²) in [4.78, 5) is 3.15. The minimum Gasteiger partial charge on any atom is -0.503 e. The third-order valence-corrected chi connectivity index (χ3v) is 1.74.